The lowest BCUT2D eigenvalue weighted by atomic mass is 10.1. The Balaban J connectivity index is 1.38. The molecule has 0 fully saturated rings. The summed E-state index contributed by atoms with van der Waals surface area (Å²) in [5, 5.41) is 6.28. The van der Waals surface area contributed by atoms with E-state index in [1.165, 1.54) is 17.5 Å². The van der Waals surface area contributed by atoms with Gasteiger partial charge in [-0.1, -0.05) is 18.2 Å². The highest BCUT2D eigenvalue weighted by molar-refractivity contribution is 5.86. The zero-order valence-electron chi connectivity index (χ0n) is 13.9. The molecule has 1 aromatic carbocycles. The van der Waals surface area contributed by atoms with Crippen molar-refractivity contribution >= 4 is 22.9 Å². The van der Waals surface area contributed by atoms with Gasteiger partial charge in [0.2, 0.25) is 5.91 Å². The smallest absolute Gasteiger partial charge is 0.239 e. The first-order chi connectivity index (χ1) is 12.2. The van der Waals surface area contributed by atoms with E-state index in [4.69, 9.17) is 0 Å². The predicted molar refractivity (Wildman–Crippen MR) is 93.8 cm³/mol. The van der Waals surface area contributed by atoms with Crippen LogP contribution >= 0.6 is 0 Å². The number of hydrogen-bond donors (Lipinski definition) is 3. The van der Waals surface area contributed by atoms with E-state index >= 15 is 0 Å². The number of nitrogens with one attached hydrogen (secondary N) is 3. The number of hydrogen-bond acceptors (Lipinski definition) is 6. The zero-order chi connectivity index (χ0) is 17.2. The van der Waals surface area contributed by atoms with E-state index in [1.807, 2.05) is 7.05 Å². The topological polar surface area (TPSA) is 98.8 Å². The molecule has 0 saturated carbocycles. The maximum atomic E-state index is 12.3. The van der Waals surface area contributed by atoms with Crippen LogP contribution in [0.1, 0.15) is 16.7 Å². The molecule has 8 nitrogen and oxygen atoms in total. The Hall–Kier alpha value is -3.00. The average molecular weight is 337 g/mol. The van der Waals surface area contributed by atoms with Crippen LogP contribution in [0.2, 0.25) is 0 Å². The van der Waals surface area contributed by atoms with Crippen LogP contribution < -0.4 is 15.5 Å². The van der Waals surface area contributed by atoms with Crippen LogP contribution in [-0.4, -0.2) is 39.4 Å². The van der Waals surface area contributed by atoms with Gasteiger partial charge in [-0.2, -0.15) is 0 Å². The van der Waals surface area contributed by atoms with Crippen molar-refractivity contribution in [2.24, 2.45) is 0 Å². The Bertz CT molecular complexity index is 920. The van der Waals surface area contributed by atoms with Gasteiger partial charge in [-0.3, -0.25) is 4.79 Å². The van der Waals surface area contributed by atoms with Crippen LogP contribution in [0.25, 0.3) is 11.2 Å². The summed E-state index contributed by atoms with van der Waals surface area (Å²) >= 11 is 0. The number of fused-ring (bicyclic) bond motifs is 2. The summed E-state index contributed by atoms with van der Waals surface area (Å²) in [4.78, 5) is 29.5. The third-order valence-corrected chi connectivity index (χ3v) is 4.34. The molecule has 3 heterocycles. The molecule has 1 aliphatic heterocycles. The molecule has 0 spiro atoms. The molecule has 0 unspecified atom stereocenters. The van der Waals surface area contributed by atoms with E-state index in [1.54, 1.807) is 11.2 Å². The van der Waals surface area contributed by atoms with Crippen LogP contribution in [0.15, 0.2) is 30.9 Å². The van der Waals surface area contributed by atoms with Gasteiger partial charge in [0.05, 0.1) is 12.9 Å². The lowest BCUT2D eigenvalue weighted by Crippen LogP contribution is -2.35. The fourth-order valence-electron chi connectivity index (χ4n) is 3.05. The van der Waals surface area contributed by atoms with Crippen LogP contribution in [0.3, 0.4) is 0 Å². The van der Waals surface area contributed by atoms with Crippen molar-refractivity contribution in [3.05, 3.63) is 47.5 Å². The average Bonchev–Trinajstić information content (AvgIpc) is 3.27. The molecule has 2 aromatic heterocycles. The van der Waals surface area contributed by atoms with Crippen molar-refractivity contribution in [3.63, 3.8) is 0 Å². The number of aromatic amines is 1. The number of imidazole rings is 1. The summed E-state index contributed by atoms with van der Waals surface area (Å²) in [5.41, 5.74) is 5.07. The fourth-order valence-corrected chi connectivity index (χ4v) is 3.05. The quantitative estimate of drug-likeness (QED) is 0.634. The first kappa shape index (κ1) is 15.5. The SMILES string of the molecule is CN(CC(=O)NCc1ccc2c(c1)CNC2)c1ncnc2nc[nH]c12. The van der Waals surface area contributed by atoms with Gasteiger partial charge in [0, 0.05) is 26.7 Å². The number of H-pyrrole nitrogens is 1. The lowest BCUT2D eigenvalue weighted by Gasteiger charge is -2.18. The summed E-state index contributed by atoms with van der Waals surface area (Å²) in [6, 6.07) is 6.34. The number of aromatic nitrogens is 4. The van der Waals surface area contributed by atoms with Crippen LogP contribution in [0.5, 0.6) is 0 Å². The van der Waals surface area contributed by atoms with Crippen LogP contribution in [0, 0.1) is 0 Å². The molecule has 4 rings (SSSR count). The molecule has 8 heteroatoms. The highest BCUT2D eigenvalue weighted by Crippen LogP contribution is 2.18. The van der Waals surface area contributed by atoms with Crippen molar-refractivity contribution in [1.82, 2.24) is 30.6 Å². The van der Waals surface area contributed by atoms with Crippen molar-refractivity contribution in [1.29, 1.82) is 0 Å². The van der Waals surface area contributed by atoms with Gasteiger partial charge in [-0.15, -0.1) is 0 Å². The standard InChI is InChI=1S/C17H19N7O/c1-24(17-15-16(21-9-20-15)22-10-23-17)8-14(25)19-5-11-2-3-12-6-18-7-13(12)4-11/h2-4,9-10,18H,5-8H2,1H3,(H,19,25)(H,20,21,22,23). The molecule has 1 amide bonds. The minimum atomic E-state index is -0.0626. The largest absolute Gasteiger partial charge is 0.350 e. The maximum absolute atomic E-state index is 12.3. The molecular weight excluding hydrogens is 318 g/mol. The number of benzene rings is 1. The number of likely N-dealkylation sites (N-methyl/N-ethyl adjacent to an activating group) is 1. The number of anilines is 1. The summed E-state index contributed by atoms with van der Waals surface area (Å²) in [6.45, 7) is 2.54. The highest BCUT2D eigenvalue weighted by atomic mass is 16.2. The minimum Gasteiger partial charge on any atom is -0.350 e. The monoisotopic (exact) mass is 337 g/mol. The molecule has 3 N–H and O–H groups in total. The Labute approximate surface area is 144 Å². The summed E-state index contributed by atoms with van der Waals surface area (Å²) in [5.74, 6) is 0.591. The van der Waals surface area contributed by atoms with E-state index in [0.717, 1.165) is 24.2 Å². The van der Waals surface area contributed by atoms with E-state index in [0.29, 0.717) is 18.0 Å². The molecule has 25 heavy (non-hydrogen) atoms. The summed E-state index contributed by atoms with van der Waals surface area (Å²) < 4.78 is 0. The molecule has 1 aliphatic rings. The van der Waals surface area contributed by atoms with E-state index in [9.17, 15) is 4.79 Å². The van der Waals surface area contributed by atoms with Gasteiger partial charge in [0.25, 0.3) is 0 Å². The second kappa shape index (κ2) is 6.48. The van der Waals surface area contributed by atoms with Crippen molar-refractivity contribution in [2.45, 2.75) is 19.6 Å². The van der Waals surface area contributed by atoms with Gasteiger partial charge in [0.1, 0.15) is 11.8 Å². The van der Waals surface area contributed by atoms with Crippen molar-refractivity contribution in [2.75, 3.05) is 18.5 Å². The van der Waals surface area contributed by atoms with E-state index < -0.39 is 0 Å². The Kier molecular flexibility index (Phi) is 4.02. The first-order valence-electron chi connectivity index (χ1n) is 8.14. The number of amides is 1. The molecule has 0 bridgehead atoms. The Morgan fingerprint density at radius 1 is 1.24 bits per heavy atom. The lowest BCUT2D eigenvalue weighted by molar-refractivity contribution is -0.119. The van der Waals surface area contributed by atoms with Crippen LogP contribution in [-0.2, 0) is 24.4 Å². The maximum Gasteiger partial charge on any atom is 0.239 e. The third kappa shape index (κ3) is 3.16. The number of nitrogens with zero attached hydrogens (tertiary/aromatic N) is 4. The molecule has 3 aromatic rings. The summed E-state index contributed by atoms with van der Waals surface area (Å²) in [6.07, 6.45) is 3.02. The number of rotatable bonds is 5. The number of carbonyl (C=O) groups is 1. The van der Waals surface area contributed by atoms with Gasteiger partial charge >= 0.3 is 0 Å². The number of carbonyl (C=O) groups excluding carboxylic acids is 1. The zero-order valence-corrected chi connectivity index (χ0v) is 13.9. The summed E-state index contributed by atoms with van der Waals surface area (Å²) in [7, 11) is 1.82. The fraction of sp³-hybridized carbons (Fsp3) is 0.294. The molecule has 0 aliphatic carbocycles. The molecule has 0 atom stereocenters. The van der Waals surface area contributed by atoms with Gasteiger partial charge in [0.15, 0.2) is 11.5 Å². The minimum absolute atomic E-state index is 0.0626. The van der Waals surface area contributed by atoms with E-state index in [-0.39, 0.29) is 12.5 Å². The van der Waals surface area contributed by atoms with Crippen molar-refractivity contribution in [3.8, 4) is 0 Å². The van der Waals surface area contributed by atoms with Gasteiger partial charge < -0.3 is 20.5 Å². The Morgan fingerprint density at radius 3 is 3.04 bits per heavy atom. The molecule has 128 valence electrons. The van der Waals surface area contributed by atoms with Crippen LogP contribution in [0.4, 0.5) is 5.82 Å². The second-order valence-electron chi connectivity index (χ2n) is 6.14. The molecule has 0 radical (unpaired) electrons. The van der Waals surface area contributed by atoms with Gasteiger partial charge in [-0.05, 0) is 16.7 Å². The van der Waals surface area contributed by atoms with Crippen molar-refractivity contribution < 1.29 is 4.79 Å². The first-order valence-corrected chi connectivity index (χ1v) is 8.14. The van der Waals surface area contributed by atoms with Gasteiger partial charge in [-0.25, -0.2) is 15.0 Å². The normalized spacial score (nSPS) is 13.0. The second-order valence-corrected chi connectivity index (χ2v) is 6.14. The Morgan fingerprint density at radius 2 is 2.12 bits per heavy atom. The molecule has 0 saturated heterocycles. The predicted octanol–water partition coefficient (Wildman–Crippen LogP) is 0.709. The van der Waals surface area contributed by atoms with E-state index in [2.05, 4.69) is 48.8 Å². The molecular formula is C17H19N7O. The highest BCUT2D eigenvalue weighted by Gasteiger charge is 2.14. The third-order valence-electron chi connectivity index (χ3n) is 4.34.